The van der Waals surface area contributed by atoms with Gasteiger partial charge in [-0.3, -0.25) is 4.79 Å². The van der Waals surface area contributed by atoms with Crippen LogP contribution in [0.5, 0.6) is 0 Å². The van der Waals surface area contributed by atoms with Gasteiger partial charge in [-0.2, -0.15) is 11.8 Å². The van der Waals surface area contributed by atoms with Crippen molar-refractivity contribution in [3.05, 3.63) is 54.0 Å². The molecule has 0 aliphatic rings. The molecule has 1 aromatic carbocycles. The summed E-state index contributed by atoms with van der Waals surface area (Å²) in [6.45, 7) is 4.03. The van der Waals surface area contributed by atoms with Crippen LogP contribution in [0.1, 0.15) is 30.0 Å². The normalized spacial score (nSPS) is 11.6. The number of benzene rings is 1. The summed E-state index contributed by atoms with van der Waals surface area (Å²) in [4.78, 5) is 12.2. The van der Waals surface area contributed by atoms with Crippen LogP contribution in [0, 0.1) is 0 Å². The number of carbonyl (C=O) groups excluding carboxylic acids is 1. The van der Waals surface area contributed by atoms with E-state index < -0.39 is 10.0 Å². The Balaban J connectivity index is 1.80. The van der Waals surface area contributed by atoms with Crippen LogP contribution in [-0.4, -0.2) is 32.7 Å². The predicted molar refractivity (Wildman–Crippen MR) is 99.1 cm³/mol. The van der Waals surface area contributed by atoms with Crippen LogP contribution in [-0.2, 0) is 15.8 Å². The Morgan fingerprint density at radius 3 is 2.52 bits per heavy atom. The summed E-state index contributed by atoms with van der Waals surface area (Å²) >= 11 is 1.66. The highest BCUT2D eigenvalue weighted by molar-refractivity contribution is 7.98. The van der Waals surface area contributed by atoms with Crippen LogP contribution in [0.15, 0.2) is 52.0 Å². The van der Waals surface area contributed by atoms with Crippen molar-refractivity contribution < 1.29 is 17.6 Å². The predicted octanol–water partition coefficient (Wildman–Crippen LogP) is 2.63. The quantitative estimate of drug-likeness (QED) is 0.651. The summed E-state index contributed by atoms with van der Waals surface area (Å²) < 4.78 is 31.8. The van der Waals surface area contributed by atoms with Gasteiger partial charge in [0.2, 0.25) is 10.0 Å². The van der Waals surface area contributed by atoms with Gasteiger partial charge in [0, 0.05) is 23.9 Å². The fourth-order valence-corrected chi connectivity index (χ4v) is 4.08. The molecule has 2 N–H and O–H groups in total. The van der Waals surface area contributed by atoms with Crippen molar-refractivity contribution in [2.45, 2.75) is 30.5 Å². The molecule has 8 heteroatoms. The van der Waals surface area contributed by atoms with Crippen LogP contribution in [0.3, 0.4) is 0 Å². The molecular formula is C17H22N2O4S2. The number of thioether (sulfide) groups is 1. The second-order valence-corrected chi connectivity index (χ2v) is 8.51. The summed E-state index contributed by atoms with van der Waals surface area (Å²) in [6.07, 6.45) is 1.64. The zero-order valence-corrected chi connectivity index (χ0v) is 15.8. The van der Waals surface area contributed by atoms with E-state index in [-0.39, 0.29) is 16.8 Å². The first-order valence-electron chi connectivity index (χ1n) is 7.89. The number of sulfonamides is 1. The molecule has 25 heavy (non-hydrogen) atoms. The number of nitrogens with one attached hydrogen (secondary N) is 2. The minimum atomic E-state index is -3.54. The van der Waals surface area contributed by atoms with Gasteiger partial charge in [-0.25, -0.2) is 13.1 Å². The maximum absolute atomic E-state index is 12.1. The molecule has 0 aliphatic heterocycles. The van der Waals surface area contributed by atoms with E-state index in [1.807, 2.05) is 12.1 Å². The standard InChI is InChI=1S/C17H22N2O4S2/c1-13(2)19-25(21,22)16-7-5-14(6-8-16)17(20)18-9-11-24-12-15-4-3-10-23-15/h3-8,10,13,19H,9,11-12H2,1-2H3,(H,18,20). The van der Waals surface area contributed by atoms with Crippen LogP contribution in [0.2, 0.25) is 0 Å². The van der Waals surface area contributed by atoms with Crippen molar-refractivity contribution >= 4 is 27.7 Å². The van der Waals surface area contributed by atoms with Gasteiger partial charge in [0.05, 0.1) is 16.9 Å². The molecule has 0 bridgehead atoms. The lowest BCUT2D eigenvalue weighted by molar-refractivity contribution is 0.0956. The fraction of sp³-hybridized carbons (Fsp3) is 0.353. The third-order valence-electron chi connectivity index (χ3n) is 3.17. The summed E-state index contributed by atoms with van der Waals surface area (Å²) in [5.41, 5.74) is 0.430. The highest BCUT2D eigenvalue weighted by atomic mass is 32.2. The third-order valence-corrected chi connectivity index (χ3v) is 5.83. The molecule has 0 spiro atoms. The molecule has 2 rings (SSSR count). The topological polar surface area (TPSA) is 88.4 Å². The first-order chi connectivity index (χ1) is 11.9. The van der Waals surface area contributed by atoms with E-state index in [1.54, 1.807) is 31.9 Å². The minimum Gasteiger partial charge on any atom is -0.468 e. The minimum absolute atomic E-state index is 0.145. The van der Waals surface area contributed by atoms with E-state index >= 15 is 0 Å². The SMILES string of the molecule is CC(C)NS(=O)(=O)c1ccc(C(=O)NCCSCc2ccco2)cc1. The molecule has 1 heterocycles. The molecule has 6 nitrogen and oxygen atoms in total. The lowest BCUT2D eigenvalue weighted by Crippen LogP contribution is -2.30. The molecule has 0 atom stereocenters. The Hall–Kier alpha value is -1.77. The number of hydrogen-bond donors (Lipinski definition) is 2. The molecule has 136 valence electrons. The van der Waals surface area contributed by atoms with Gasteiger partial charge in [0.1, 0.15) is 5.76 Å². The largest absolute Gasteiger partial charge is 0.468 e. The van der Waals surface area contributed by atoms with E-state index in [9.17, 15) is 13.2 Å². The molecule has 1 amide bonds. The van der Waals surface area contributed by atoms with Gasteiger partial charge < -0.3 is 9.73 Å². The van der Waals surface area contributed by atoms with E-state index in [2.05, 4.69) is 10.0 Å². The van der Waals surface area contributed by atoms with Crippen molar-refractivity contribution in [1.29, 1.82) is 0 Å². The number of rotatable bonds is 9. The molecule has 0 unspecified atom stereocenters. The van der Waals surface area contributed by atoms with E-state index in [0.29, 0.717) is 12.1 Å². The molecule has 0 radical (unpaired) electrons. The average Bonchev–Trinajstić information content (AvgIpc) is 3.06. The first-order valence-corrected chi connectivity index (χ1v) is 10.5. The molecule has 0 saturated carbocycles. The van der Waals surface area contributed by atoms with Gasteiger partial charge in [0.25, 0.3) is 5.91 Å². The summed E-state index contributed by atoms with van der Waals surface area (Å²) in [6, 6.07) is 9.47. The van der Waals surface area contributed by atoms with Crippen molar-refractivity contribution in [3.63, 3.8) is 0 Å². The summed E-state index contributed by atoms with van der Waals surface area (Å²) in [5.74, 6) is 2.21. The lowest BCUT2D eigenvalue weighted by Gasteiger charge is -2.10. The summed E-state index contributed by atoms with van der Waals surface area (Å²) in [5, 5.41) is 2.81. The Morgan fingerprint density at radius 2 is 1.92 bits per heavy atom. The number of hydrogen-bond acceptors (Lipinski definition) is 5. The number of amides is 1. The first kappa shape index (κ1) is 19.6. The molecule has 0 aliphatic carbocycles. The van der Waals surface area contributed by atoms with Crippen molar-refractivity contribution in [2.24, 2.45) is 0 Å². The van der Waals surface area contributed by atoms with Crippen LogP contribution in [0.4, 0.5) is 0 Å². The van der Waals surface area contributed by atoms with Crippen molar-refractivity contribution in [2.75, 3.05) is 12.3 Å². The molecule has 2 aromatic rings. The molecule has 0 saturated heterocycles. The van der Waals surface area contributed by atoms with Crippen molar-refractivity contribution in [1.82, 2.24) is 10.0 Å². The highest BCUT2D eigenvalue weighted by Gasteiger charge is 2.15. The molecule has 1 aromatic heterocycles. The van der Waals surface area contributed by atoms with Crippen LogP contribution >= 0.6 is 11.8 Å². The Kier molecular flexibility index (Phi) is 7.10. The maximum Gasteiger partial charge on any atom is 0.251 e. The Bertz CT molecular complexity index is 769. The van der Waals surface area contributed by atoms with Gasteiger partial charge >= 0.3 is 0 Å². The van der Waals surface area contributed by atoms with Gasteiger partial charge in [0.15, 0.2) is 0 Å². The highest BCUT2D eigenvalue weighted by Crippen LogP contribution is 2.13. The second-order valence-electron chi connectivity index (χ2n) is 5.69. The number of carbonyl (C=O) groups is 1. The van der Waals surface area contributed by atoms with Gasteiger partial charge in [-0.1, -0.05) is 0 Å². The van der Waals surface area contributed by atoms with E-state index in [4.69, 9.17) is 4.42 Å². The second kappa shape index (κ2) is 9.07. The Morgan fingerprint density at radius 1 is 1.20 bits per heavy atom. The van der Waals surface area contributed by atoms with Crippen molar-refractivity contribution in [3.8, 4) is 0 Å². The zero-order chi connectivity index (χ0) is 18.3. The fourth-order valence-electron chi connectivity index (χ4n) is 2.07. The Labute approximate surface area is 152 Å². The van der Waals surface area contributed by atoms with Gasteiger partial charge in [-0.05, 0) is 50.2 Å². The lowest BCUT2D eigenvalue weighted by atomic mass is 10.2. The maximum atomic E-state index is 12.1. The van der Waals surface area contributed by atoms with Crippen LogP contribution < -0.4 is 10.0 Å². The average molecular weight is 383 g/mol. The number of furan rings is 1. The van der Waals surface area contributed by atoms with Gasteiger partial charge in [-0.15, -0.1) is 0 Å². The molecular weight excluding hydrogens is 360 g/mol. The summed E-state index contributed by atoms with van der Waals surface area (Å²) in [7, 11) is -3.54. The monoisotopic (exact) mass is 382 g/mol. The third kappa shape index (κ3) is 6.22. The molecule has 0 fully saturated rings. The van der Waals surface area contributed by atoms with E-state index in [1.165, 1.54) is 24.3 Å². The van der Waals surface area contributed by atoms with Crippen LogP contribution in [0.25, 0.3) is 0 Å². The van der Waals surface area contributed by atoms with E-state index in [0.717, 1.165) is 17.3 Å². The smallest absolute Gasteiger partial charge is 0.251 e. The zero-order valence-electron chi connectivity index (χ0n) is 14.2.